The van der Waals surface area contributed by atoms with Crippen molar-refractivity contribution in [3.63, 3.8) is 0 Å². The molecular formula is C18H18O3. The highest BCUT2D eigenvalue weighted by atomic mass is 16.5. The maximum absolute atomic E-state index is 11.4. The molecule has 0 N–H and O–H groups in total. The molecule has 0 aliphatic heterocycles. The molecule has 0 heterocycles. The van der Waals surface area contributed by atoms with E-state index in [0.717, 1.165) is 27.7 Å². The fourth-order valence-electron chi connectivity index (χ4n) is 2.76. The average molecular weight is 282 g/mol. The summed E-state index contributed by atoms with van der Waals surface area (Å²) < 4.78 is 11.4. The number of esters is 1. The summed E-state index contributed by atoms with van der Waals surface area (Å²) >= 11 is 0. The van der Waals surface area contributed by atoms with E-state index in [4.69, 9.17) is 9.47 Å². The van der Waals surface area contributed by atoms with E-state index < -0.39 is 6.10 Å². The monoisotopic (exact) mass is 282 g/mol. The van der Waals surface area contributed by atoms with Gasteiger partial charge < -0.3 is 9.47 Å². The first-order chi connectivity index (χ1) is 10.1. The van der Waals surface area contributed by atoms with E-state index in [0.29, 0.717) is 0 Å². The maximum atomic E-state index is 11.4. The first-order valence-electron chi connectivity index (χ1n) is 7.14. The second-order valence-corrected chi connectivity index (χ2v) is 5.48. The molecule has 3 heteroatoms. The minimum absolute atomic E-state index is 0.0646. The van der Waals surface area contributed by atoms with Crippen LogP contribution < -0.4 is 0 Å². The van der Waals surface area contributed by atoms with Crippen LogP contribution in [0.15, 0.2) is 42.5 Å². The molecule has 0 aromatic heterocycles. The molecule has 0 radical (unpaired) electrons. The van der Waals surface area contributed by atoms with Gasteiger partial charge in [-0.2, -0.15) is 0 Å². The van der Waals surface area contributed by atoms with E-state index in [2.05, 4.69) is 12.1 Å². The Hall–Kier alpha value is -2.29. The smallest absolute Gasteiger partial charge is 0.303 e. The summed E-state index contributed by atoms with van der Waals surface area (Å²) in [4.78, 5) is 11.4. The highest BCUT2D eigenvalue weighted by Crippen LogP contribution is 2.39. The van der Waals surface area contributed by atoms with Gasteiger partial charge in [-0.1, -0.05) is 36.4 Å². The number of ether oxygens (including phenoxy) is 2. The lowest BCUT2D eigenvalue weighted by molar-refractivity contribution is -0.144. The van der Waals surface area contributed by atoms with Crippen LogP contribution in [-0.4, -0.2) is 12.1 Å². The van der Waals surface area contributed by atoms with Crippen molar-refractivity contribution in [1.29, 1.82) is 0 Å². The van der Waals surface area contributed by atoms with Gasteiger partial charge in [0.25, 0.3) is 0 Å². The molecule has 108 valence electrons. The zero-order valence-corrected chi connectivity index (χ0v) is 12.4. The molecule has 1 aliphatic rings. The molecule has 2 aromatic rings. The summed E-state index contributed by atoms with van der Waals surface area (Å²) in [5, 5.41) is 2.23. The summed E-state index contributed by atoms with van der Waals surface area (Å²) in [6.45, 7) is 5.40. The zero-order valence-electron chi connectivity index (χ0n) is 12.4. The summed E-state index contributed by atoms with van der Waals surface area (Å²) in [6.07, 6.45) is 1.56. The predicted molar refractivity (Wildman–Crippen MR) is 82.7 cm³/mol. The Bertz CT molecular complexity index is 723. The Labute approximate surface area is 124 Å². The van der Waals surface area contributed by atoms with Crippen LogP contribution in [-0.2, 0) is 14.3 Å². The molecule has 0 amide bonds. The van der Waals surface area contributed by atoms with Crippen molar-refractivity contribution in [2.45, 2.75) is 33.0 Å². The fraction of sp³-hybridized carbons (Fsp3) is 0.278. The van der Waals surface area contributed by atoms with Crippen LogP contribution in [0, 0.1) is 0 Å². The van der Waals surface area contributed by atoms with E-state index in [1.165, 1.54) is 6.92 Å². The van der Waals surface area contributed by atoms with Crippen LogP contribution in [0.4, 0.5) is 0 Å². The third-order valence-electron chi connectivity index (χ3n) is 3.47. The van der Waals surface area contributed by atoms with Gasteiger partial charge in [0.1, 0.15) is 11.9 Å². The molecule has 1 aliphatic carbocycles. The van der Waals surface area contributed by atoms with Crippen LogP contribution in [0.5, 0.6) is 0 Å². The number of rotatable bonds is 3. The van der Waals surface area contributed by atoms with Crippen LogP contribution in [0.2, 0.25) is 0 Å². The van der Waals surface area contributed by atoms with E-state index in [9.17, 15) is 4.79 Å². The van der Waals surface area contributed by atoms with Crippen molar-refractivity contribution >= 4 is 22.5 Å². The third-order valence-corrected chi connectivity index (χ3v) is 3.47. The molecule has 3 rings (SSSR count). The Morgan fingerprint density at radius 3 is 2.52 bits per heavy atom. The van der Waals surface area contributed by atoms with Gasteiger partial charge in [-0.15, -0.1) is 0 Å². The molecule has 0 bridgehead atoms. The summed E-state index contributed by atoms with van der Waals surface area (Å²) in [5.41, 5.74) is 2.06. The van der Waals surface area contributed by atoms with Gasteiger partial charge in [0, 0.05) is 24.1 Å². The lowest BCUT2D eigenvalue weighted by Crippen LogP contribution is -2.13. The third kappa shape index (κ3) is 2.51. The Kier molecular flexibility index (Phi) is 3.42. The topological polar surface area (TPSA) is 35.5 Å². The zero-order chi connectivity index (χ0) is 15.0. The van der Waals surface area contributed by atoms with Crippen LogP contribution in [0.1, 0.15) is 38.0 Å². The normalized spacial score (nSPS) is 16.8. The minimum atomic E-state index is -0.394. The molecule has 0 saturated heterocycles. The second-order valence-electron chi connectivity index (χ2n) is 5.48. The quantitative estimate of drug-likeness (QED) is 0.790. The Morgan fingerprint density at radius 1 is 1.14 bits per heavy atom. The standard InChI is InChI=1S/C18H18O3/c1-11(2)20-16-10-17(21-12(3)19)15-9-5-7-13-6-4-8-14(16)18(13)15/h4-11,17H,1-3H3. The van der Waals surface area contributed by atoms with Crippen molar-refractivity contribution in [3.8, 4) is 0 Å². The highest BCUT2D eigenvalue weighted by molar-refractivity contribution is 5.97. The Balaban J connectivity index is 2.20. The number of carbonyl (C=O) groups is 1. The summed E-state index contributed by atoms with van der Waals surface area (Å²) in [7, 11) is 0. The van der Waals surface area contributed by atoms with Crippen molar-refractivity contribution in [2.75, 3.05) is 0 Å². The van der Waals surface area contributed by atoms with Crippen molar-refractivity contribution in [3.05, 3.63) is 53.6 Å². The van der Waals surface area contributed by atoms with Crippen molar-refractivity contribution in [2.24, 2.45) is 0 Å². The van der Waals surface area contributed by atoms with Crippen LogP contribution in [0.3, 0.4) is 0 Å². The van der Waals surface area contributed by atoms with Gasteiger partial charge in [0.05, 0.1) is 6.10 Å². The van der Waals surface area contributed by atoms with Crippen molar-refractivity contribution in [1.82, 2.24) is 0 Å². The van der Waals surface area contributed by atoms with E-state index in [1.807, 2.05) is 44.2 Å². The lowest BCUT2D eigenvalue weighted by Gasteiger charge is -2.26. The first-order valence-corrected chi connectivity index (χ1v) is 7.14. The van der Waals surface area contributed by atoms with E-state index in [-0.39, 0.29) is 12.1 Å². The van der Waals surface area contributed by atoms with Gasteiger partial charge in [-0.25, -0.2) is 0 Å². The number of benzene rings is 2. The summed E-state index contributed by atoms with van der Waals surface area (Å²) in [6, 6.07) is 12.2. The van der Waals surface area contributed by atoms with Gasteiger partial charge in [0.15, 0.2) is 0 Å². The largest absolute Gasteiger partial charge is 0.491 e. The molecule has 1 atom stereocenters. The molecule has 2 aromatic carbocycles. The Morgan fingerprint density at radius 2 is 1.86 bits per heavy atom. The molecular weight excluding hydrogens is 264 g/mol. The molecule has 0 saturated carbocycles. The number of carbonyl (C=O) groups excluding carboxylic acids is 1. The number of hydrogen-bond acceptors (Lipinski definition) is 3. The van der Waals surface area contributed by atoms with E-state index >= 15 is 0 Å². The summed E-state index contributed by atoms with van der Waals surface area (Å²) in [5.74, 6) is 0.483. The van der Waals surface area contributed by atoms with Gasteiger partial charge in [-0.3, -0.25) is 4.79 Å². The van der Waals surface area contributed by atoms with E-state index in [1.54, 1.807) is 0 Å². The van der Waals surface area contributed by atoms with Gasteiger partial charge in [0.2, 0.25) is 0 Å². The van der Waals surface area contributed by atoms with Crippen LogP contribution >= 0.6 is 0 Å². The second kappa shape index (κ2) is 5.24. The average Bonchev–Trinajstić information content (AvgIpc) is 2.42. The molecule has 21 heavy (non-hydrogen) atoms. The lowest BCUT2D eigenvalue weighted by atomic mass is 9.90. The van der Waals surface area contributed by atoms with Crippen molar-refractivity contribution < 1.29 is 14.3 Å². The molecule has 0 spiro atoms. The SMILES string of the molecule is CC(=O)OC1C=C(OC(C)C)c2cccc3cccc1c23. The minimum Gasteiger partial charge on any atom is -0.491 e. The molecule has 3 nitrogen and oxygen atoms in total. The predicted octanol–water partition coefficient (Wildman–Crippen LogP) is 4.22. The molecule has 0 fully saturated rings. The fourth-order valence-corrected chi connectivity index (χ4v) is 2.76. The first kappa shape index (κ1) is 13.7. The highest BCUT2D eigenvalue weighted by Gasteiger charge is 2.25. The molecule has 1 unspecified atom stereocenters. The van der Waals surface area contributed by atoms with Crippen LogP contribution in [0.25, 0.3) is 16.5 Å². The maximum Gasteiger partial charge on any atom is 0.303 e. The number of hydrogen-bond donors (Lipinski definition) is 0. The van der Waals surface area contributed by atoms with Gasteiger partial charge in [-0.05, 0) is 24.6 Å². The van der Waals surface area contributed by atoms with Gasteiger partial charge >= 0.3 is 5.97 Å².